The Hall–Kier alpha value is -1.44. The van der Waals surface area contributed by atoms with E-state index in [4.69, 9.17) is 10.0 Å². The average molecular weight is 264 g/mol. The second kappa shape index (κ2) is 5.95. The summed E-state index contributed by atoms with van der Waals surface area (Å²) in [6.45, 7) is 0. The summed E-state index contributed by atoms with van der Waals surface area (Å²) in [4.78, 5) is 7.83. The van der Waals surface area contributed by atoms with Crippen LogP contribution in [0.3, 0.4) is 0 Å². The monoisotopic (exact) mass is 264 g/mol. The number of hydrogen-bond acceptors (Lipinski definition) is 5. The van der Waals surface area contributed by atoms with Crippen molar-refractivity contribution in [1.82, 2.24) is 9.97 Å². The molecule has 0 amide bonds. The van der Waals surface area contributed by atoms with E-state index in [0.29, 0.717) is 11.3 Å². The van der Waals surface area contributed by atoms with Crippen molar-refractivity contribution in [3.05, 3.63) is 48.2 Å². The minimum absolute atomic E-state index is 0.147. The predicted molar refractivity (Wildman–Crippen MR) is 67.8 cm³/mol. The first-order chi connectivity index (χ1) is 8.65. The predicted octanol–water partition coefficient (Wildman–Crippen LogP) is 0.588. The van der Waals surface area contributed by atoms with E-state index < -0.39 is 12.9 Å². The molecule has 18 heavy (non-hydrogen) atoms. The van der Waals surface area contributed by atoms with Gasteiger partial charge >= 0.3 is 7.12 Å². The molecule has 1 aromatic heterocycles. The Bertz CT molecular complexity index is 528. The van der Waals surface area contributed by atoms with E-state index in [1.807, 2.05) is 0 Å². The average Bonchev–Trinajstić information content (AvgIpc) is 2.37. The van der Waals surface area contributed by atoms with Gasteiger partial charge in [-0.25, -0.2) is 14.4 Å². The Balaban J connectivity index is 2.10. The summed E-state index contributed by atoms with van der Waals surface area (Å²) in [7, 11) is -1.66. The van der Waals surface area contributed by atoms with E-state index in [-0.39, 0.29) is 5.46 Å². The second-order valence-electron chi connectivity index (χ2n) is 3.60. The van der Waals surface area contributed by atoms with Gasteiger partial charge in [0.2, 0.25) is 0 Å². The molecule has 2 N–H and O–H groups in total. The molecule has 0 bridgehead atoms. The zero-order chi connectivity index (χ0) is 13.0. The van der Waals surface area contributed by atoms with Crippen LogP contribution < -0.4 is 5.46 Å². The quantitative estimate of drug-likeness (QED) is 0.480. The van der Waals surface area contributed by atoms with Crippen molar-refractivity contribution >= 4 is 24.3 Å². The summed E-state index contributed by atoms with van der Waals surface area (Å²) < 4.78 is 13.3. The summed E-state index contributed by atoms with van der Waals surface area (Å²) in [6, 6.07) is 5.78. The molecule has 0 fully saturated rings. The largest absolute Gasteiger partial charge is 0.488 e. The molecular weight excluding hydrogens is 254 g/mol. The van der Waals surface area contributed by atoms with Gasteiger partial charge in [0.05, 0.1) is 5.03 Å². The van der Waals surface area contributed by atoms with Gasteiger partial charge in [0, 0.05) is 11.9 Å². The molecule has 0 spiro atoms. The van der Waals surface area contributed by atoms with Crippen molar-refractivity contribution in [1.29, 1.82) is 0 Å². The van der Waals surface area contributed by atoms with E-state index in [2.05, 4.69) is 9.97 Å². The second-order valence-corrected chi connectivity index (χ2v) is 4.60. The molecule has 2 rings (SSSR count). The first-order valence-corrected chi connectivity index (χ1v) is 6.18. The number of halogens is 1. The van der Waals surface area contributed by atoms with E-state index >= 15 is 0 Å². The van der Waals surface area contributed by atoms with Gasteiger partial charge in [0.1, 0.15) is 12.1 Å². The Morgan fingerprint density at radius 1 is 1.28 bits per heavy atom. The third-order valence-electron chi connectivity index (χ3n) is 2.22. The molecule has 2 aromatic rings. The lowest BCUT2D eigenvalue weighted by Crippen LogP contribution is -2.30. The molecule has 0 unspecified atom stereocenters. The van der Waals surface area contributed by atoms with E-state index in [0.717, 1.165) is 11.1 Å². The van der Waals surface area contributed by atoms with Crippen molar-refractivity contribution in [2.45, 2.75) is 10.8 Å². The van der Waals surface area contributed by atoms with Crippen LogP contribution in [0.5, 0.6) is 0 Å². The van der Waals surface area contributed by atoms with Crippen molar-refractivity contribution in [2.24, 2.45) is 0 Å². The summed E-state index contributed by atoms with van der Waals surface area (Å²) >= 11 is 1.42. The topological polar surface area (TPSA) is 66.2 Å². The molecule has 0 radical (unpaired) electrons. The normalized spacial score (nSPS) is 10.4. The molecule has 1 aromatic carbocycles. The van der Waals surface area contributed by atoms with E-state index in [9.17, 15) is 4.39 Å². The van der Waals surface area contributed by atoms with Gasteiger partial charge in [0.15, 0.2) is 0 Å². The standard InChI is InChI=1S/C11H10BFN2O2S/c13-10-4-8(3-9(5-10)12(16)17)6-18-11-1-2-14-7-15-11/h1-5,7,16-17H,6H2. The number of aromatic nitrogens is 2. The fraction of sp³-hybridized carbons (Fsp3) is 0.0909. The lowest BCUT2D eigenvalue weighted by atomic mass is 9.79. The van der Waals surface area contributed by atoms with Crippen LogP contribution >= 0.6 is 11.8 Å². The van der Waals surface area contributed by atoms with E-state index in [1.54, 1.807) is 18.3 Å². The first-order valence-electron chi connectivity index (χ1n) is 5.19. The molecule has 7 heteroatoms. The number of thioether (sulfide) groups is 1. The van der Waals surface area contributed by atoms with Crippen LogP contribution in [0.2, 0.25) is 0 Å². The van der Waals surface area contributed by atoms with Crippen LogP contribution in [0, 0.1) is 5.82 Å². The van der Waals surface area contributed by atoms with Crippen LogP contribution in [0.4, 0.5) is 4.39 Å². The molecule has 4 nitrogen and oxygen atoms in total. The van der Waals surface area contributed by atoms with Crippen molar-refractivity contribution in [2.75, 3.05) is 0 Å². The molecular formula is C11H10BFN2O2S. The smallest absolute Gasteiger partial charge is 0.423 e. The van der Waals surface area contributed by atoms with Crippen LogP contribution in [-0.4, -0.2) is 27.1 Å². The van der Waals surface area contributed by atoms with Gasteiger partial charge in [-0.15, -0.1) is 11.8 Å². The maximum absolute atomic E-state index is 13.3. The zero-order valence-corrected chi connectivity index (χ0v) is 10.1. The Morgan fingerprint density at radius 2 is 2.11 bits per heavy atom. The van der Waals surface area contributed by atoms with Gasteiger partial charge in [-0.05, 0) is 29.2 Å². The third-order valence-corrected chi connectivity index (χ3v) is 3.23. The highest BCUT2D eigenvalue weighted by Gasteiger charge is 2.13. The molecule has 0 aliphatic heterocycles. The minimum atomic E-state index is -1.66. The fourth-order valence-corrected chi connectivity index (χ4v) is 2.19. The lowest BCUT2D eigenvalue weighted by Gasteiger charge is -2.05. The SMILES string of the molecule is OB(O)c1cc(F)cc(CSc2ccncn2)c1. The van der Waals surface area contributed by atoms with Crippen molar-refractivity contribution in [3.63, 3.8) is 0 Å². The molecule has 0 saturated heterocycles. The number of rotatable bonds is 4. The lowest BCUT2D eigenvalue weighted by molar-refractivity contribution is 0.425. The Kier molecular flexibility index (Phi) is 4.30. The van der Waals surface area contributed by atoms with Crippen LogP contribution in [0.1, 0.15) is 5.56 Å². The van der Waals surface area contributed by atoms with Crippen molar-refractivity contribution < 1.29 is 14.4 Å². The summed E-state index contributed by atoms with van der Waals surface area (Å²) in [5.41, 5.74) is 0.815. The molecule has 0 aliphatic rings. The fourth-order valence-electron chi connectivity index (χ4n) is 1.43. The maximum Gasteiger partial charge on any atom is 0.488 e. The molecule has 0 aliphatic carbocycles. The summed E-state index contributed by atoms with van der Waals surface area (Å²) in [5, 5.41) is 18.8. The van der Waals surface area contributed by atoms with Gasteiger partial charge < -0.3 is 10.0 Å². The Morgan fingerprint density at radius 3 is 2.78 bits per heavy atom. The van der Waals surface area contributed by atoms with Gasteiger partial charge in [-0.3, -0.25) is 0 Å². The van der Waals surface area contributed by atoms with E-state index in [1.165, 1.54) is 24.2 Å². The summed E-state index contributed by atoms with van der Waals surface area (Å²) in [5.74, 6) is 0.00740. The van der Waals surface area contributed by atoms with Crippen LogP contribution in [0.25, 0.3) is 0 Å². The number of benzene rings is 1. The van der Waals surface area contributed by atoms with Crippen molar-refractivity contribution in [3.8, 4) is 0 Å². The van der Waals surface area contributed by atoms with Crippen LogP contribution in [-0.2, 0) is 5.75 Å². The number of hydrogen-bond donors (Lipinski definition) is 2. The molecule has 0 atom stereocenters. The summed E-state index contributed by atoms with van der Waals surface area (Å²) in [6.07, 6.45) is 3.07. The molecule has 1 heterocycles. The first kappa shape index (κ1) is 13.0. The van der Waals surface area contributed by atoms with Gasteiger partial charge in [0.25, 0.3) is 0 Å². The van der Waals surface area contributed by atoms with Gasteiger partial charge in [-0.1, -0.05) is 6.07 Å². The zero-order valence-electron chi connectivity index (χ0n) is 9.32. The minimum Gasteiger partial charge on any atom is -0.423 e. The third kappa shape index (κ3) is 3.53. The molecule has 0 saturated carbocycles. The highest BCUT2D eigenvalue weighted by molar-refractivity contribution is 7.98. The highest BCUT2D eigenvalue weighted by Crippen LogP contribution is 2.19. The van der Waals surface area contributed by atoms with Gasteiger partial charge in [-0.2, -0.15) is 0 Å². The Labute approximate surface area is 108 Å². The maximum atomic E-state index is 13.3. The molecule has 92 valence electrons. The highest BCUT2D eigenvalue weighted by atomic mass is 32.2. The van der Waals surface area contributed by atoms with Crippen LogP contribution in [0.15, 0.2) is 41.8 Å². The number of nitrogens with zero attached hydrogens (tertiary/aromatic N) is 2.